The molecule has 1 spiro atoms. The maximum absolute atomic E-state index is 5.94. The molecule has 0 aromatic heterocycles. The average molecular weight is 169 g/mol. The second kappa shape index (κ2) is 2.71. The van der Waals surface area contributed by atoms with Crippen LogP contribution in [0.4, 0.5) is 0 Å². The summed E-state index contributed by atoms with van der Waals surface area (Å²) >= 11 is 0. The molecule has 3 atom stereocenters. The van der Waals surface area contributed by atoms with Crippen molar-refractivity contribution < 1.29 is 4.74 Å². The molecule has 12 heavy (non-hydrogen) atoms. The molecule has 0 aromatic carbocycles. The lowest BCUT2D eigenvalue weighted by Gasteiger charge is -2.32. The first-order valence-electron chi connectivity index (χ1n) is 5.01. The van der Waals surface area contributed by atoms with Gasteiger partial charge in [0.25, 0.3) is 0 Å². The topological polar surface area (TPSA) is 35.2 Å². The van der Waals surface area contributed by atoms with E-state index in [1.165, 1.54) is 19.3 Å². The minimum atomic E-state index is 0.465. The molecule has 0 bridgehead atoms. The zero-order valence-electron chi connectivity index (χ0n) is 8.05. The van der Waals surface area contributed by atoms with Crippen molar-refractivity contribution in [2.45, 2.75) is 45.3 Å². The number of nitrogens with two attached hydrogens (primary N) is 1. The molecule has 0 aromatic rings. The van der Waals surface area contributed by atoms with Crippen LogP contribution in [-0.2, 0) is 4.74 Å². The summed E-state index contributed by atoms with van der Waals surface area (Å²) in [5.41, 5.74) is 6.43. The second-order valence-electron chi connectivity index (χ2n) is 4.78. The molecule has 2 nitrogen and oxygen atoms in total. The van der Waals surface area contributed by atoms with Gasteiger partial charge in [-0.15, -0.1) is 0 Å². The first-order valence-corrected chi connectivity index (χ1v) is 5.01. The molecule has 70 valence electrons. The van der Waals surface area contributed by atoms with E-state index in [-0.39, 0.29) is 0 Å². The van der Waals surface area contributed by atoms with E-state index >= 15 is 0 Å². The third-order valence-electron chi connectivity index (χ3n) is 3.54. The molecule has 1 saturated heterocycles. The lowest BCUT2D eigenvalue weighted by molar-refractivity contribution is -0.0419. The Morgan fingerprint density at radius 3 is 2.58 bits per heavy atom. The summed E-state index contributed by atoms with van der Waals surface area (Å²) in [5.74, 6) is 0.648. The molecule has 2 aliphatic rings. The van der Waals surface area contributed by atoms with E-state index in [0.29, 0.717) is 23.5 Å². The first-order chi connectivity index (χ1) is 5.64. The highest BCUT2D eigenvalue weighted by atomic mass is 16.5. The van der Waals surface area contributed by atoms with Crippen LogP contribution in [0.1, 0.15) is 33.1 Å². The average Bonchev–Trinajstić information content (AvgIpc) is 2.61. The monoisotopic (exact) mass is 169 g/mol. The fourth-order valence-electron chi connectivity index (χ4n) is 2.30. The lowest BCUT2D eigenvalue weighted by atomic mass is 9.87. The first kappa shape index (κ1) is 8.52. The van der Waals surface area contributed by atoms with E-state index in [2.05, 4.69) is 13.8 Å². The van der Waals surface area contributed by atoms with Gasteiger partial charge >= 0.3 is 0 Å². The van der Waals surface area contributed by atoms with Crippen LogP contribution in [-0.4, -0.2) is 18.8 Å². The molecule has 2 rings (SSSR count). The molecule has 3 unspecified atom stereocenters. The zero-order chi connectivity index (χ0) is 8.77. The highest BCUT2D eigenvalue weighted by Gasteiger charge is 2.54. The van der Waals surface area contributed by atoms with Gasteiger partial charge < -0.3 is 10.5 Å². The second-order valence-corrected chi connectivity index (χ2v) is 4.78. The van der Waals surface area contributed by atoms with Crippen LogP contribution < -0.4 is 5.73 Å². The minimum Gasteiger partial charge on any atom is -0.378 e. The summed E-state index contributed by atoms with van der Waals surface area (Å²) in [6.07, 6.45) is 4.09. The van der Waals surface area contributed by atoms with E-state index in [0.717, 1.165) is 6.61 Å². The Hall–Kier alpha value is -0.0800. The standard InChI is InChI=1S/C10H19NO/c1-7(2)8-5-10(3-4-12-8)6-9(10)11/h7-9H,3-6,11H2,1-2H3. The molecule has 1 aliphatic carbocycles. The van der Waals surface area contributed by atoms with Gasteiger partial charge in [-0.3, -0.25) is 0 Å². The number of rotatable bonds is 1. The molecule has 1 heterocycles. The number of hydrogen-bond acceptors (Lipinski definition) is 2. The molecule has 2 N–H and O–H groups in total. The lowest BCUT2D eigenvalue weighted by Crippen LogP contribution is -2.33. The van der Waals surface area contributed by atoms with Crippen LogP contribution in [0, 0.1) is 11.3 Å². The minimum absolute atomic E-state index is 0.465. The molecular formula is C10H19NO. The highest BCUT2D eigenvalue weighted by molar-refractivity contribution is 5.08. The van der Waals surface area contributed by atoms with Gasteiger partial charge in [-0.1, -0.05) is 13.8 Å². The summed E-state index contributed by atoms with van der Waals surface area (Å²) in [6.45, 7) is 5.39. The molecule has 2 heteroatoms. The summed E-state index contributed by atoms with van der Waals surface area (Å²) < 4.78 is 5.71. The fourth-order valence-corrected chi connectivity index (χ4v) is 2.30. The van der Waals surface area contributed by atoms with E-state index in [4.69, 9.17) is 10.5 Å². The quantitative estimate of drug-likeness (QED) is 0.646. The van der Waals surface area contributed by atoms with Gasteiger partial charge in [0.2, 0.25) is 0 Å². The van der Waals surface area contributed by atoms with Crippen molar-refractivity contribution in [1.29, 1.82) is 0 Å². The van der Waals surface area contributed by atoms with Crippen molar-refractivity contribution in [3.63, 3.8) is 0 Å². The van der Waals surface area contributed by atoms with Crippen LogP contribution in [0.15, 0.2) is 0 Å². The van der Waals surface area contributed by atoms with Crippen LogP contribution in [0.25, 0.3) is 0 Å². The van der Waals surface area contributed by atoms with Crippen LogP contribution >= 0.6 is 0 Å². The Labute approximate surface area is 74.5 Å². The van der Waals surface area contributed by atoms with E-state index < -0.39 is 0 Å². The SMILES string of the molecule is CC(C)C1CC2(CCO1)CC2N. The Balaban J connectivity index is 1.96. The van der Waals surface area contributed by atoms with E-state index in [9.17, 15) is 0 Å². The Bertz CT molecular complexity index is 181. The molecular weight excluding hydrogens is 150 g/mol. The van der Waals surface area contributed by atoms with Gasteiger partial charge in [0, 0.05) is 12.6 Å². The van der Waals surface area contributed by atoms with Crippen LogP contribution in [0.5, 0.6) is 0 Å². The van der Waals surface area contributed by atoms with Crippen molar-refractivity contribution in [3.8, 4) is 0 Å². The largest absolute Gasteiger partial charge is 0.378 e. The van der Waals surface area contributed by atoms with Gasteiger partial charge in [-0.2, -0.15) is 0 Å². The van der Waals surface area contributed by atoms with Gasteiger partial charge in [0.1, 0.15) is 0 Å². The Morgan fingerprint density at radius 2 is 2.08 bits per heavy atom. The zero-order valence-corrected chi connectivity index (χ0v) is 8.05. The Kier molecular flexibility index (Phi) is 1.92. The maximum Gasteiger partial charge on any atom is 0.0603 e. The van der Waals surface area contributed by atoms with Crippen LogP contribution in [0.2, 0.25) is 0 Å². The molecule has 0 radical (unpaired) electrons. The number of ether oxygens (including phenoxy) is 1. The molecule has 1 saturated carbocycles. The van der Waals surface area contributed by atoms with Gasteiger partial charge in [0.15, 0.2) is 0 Å². The summed E-state index contributed by atoms with van der Waals surface area (Å²) in [7, 11) is 0. The van der Waals surface area contributed by atoms with Gasteiger partial charge in [0.05, 0.1) is 6.10 Å². The van der Waals surface area contributed by atoms with Crippen molar-refractivity contribution in [2.75, 3.05) is 6.61 Å². The maximum atomic E-state index is 5.94. The summed E-state index contributed by atoms with van der Waals surface area (Å²) in [4.78, 5) is 0. The number of hydrogen-bond donors (Lipinski definition) is 1. The van der Waals surface area contributed by atoms with E-state index in [1.807, 2.05) is 0 Å². The molecule has 1 aliphatic heterocycles. The van der Waals surface area contributed by atoms with Crippen molar-refractivity contribution in [1.82, 2.24) is 0 Å². The third kappa shape index (κ3) is 1.27. The van der Waals surface area contributed by atoms with Crippen molar-refractivity contribution >= 4 is 0 Å². The van der Waals surface area contributed by atoms with E-state index in [1.54, 1.807) is 0 Å². The van der Waals surface area contributed by atoms with Crippen molar-refractivity contribution in [3.05, 3.63) is 0 Å². The Morgan fingerprint density at radius 1 is 1.42 bits per heavy atom. The predicted molar refractivity (Wildman–Crippen MR) is 48.8 cm³/mol. The predicted octanol–water partition coefficient (Wildman–Crippen LogP) is 1.54. The normalized spacial score (nSPS) is 47.0. The van der Waals surface area contributed by atoms with Crippen LogP contribution in [0.3, 0.4) is 0 Å². The highest BCUT2D eigenvalue weighted by Crippen LogP contribution is 2.54. The fraction of sp³-hybridized carbons (Fsp3) is 1.00. The molecule has 2 fully saturated rings. The molecule has 0 amide bonds. The smallest absolute Gasteiger partial charge is 0.0603 e. The van der Waals surface area contributed by atoms with Gasteiger partial charge in [-0.05, 0) is 30.6 Å². The third-order valence-corrected chi connectivity index (χ3v) is 3.54. The van der Waals surface area contributed by atoms with Crippen molar-refractivity contribution in [2.24, 2.45) is 17.1 Å². The summed E-state index contributed by atoms with van der Waals surface area (Å²) in [6, 6.07) is 0.475. The summed E-state index contributed by atoms with van der Waals surface area (Å²) in [5, 5.41) is 0. The van der Waals surface area contributed by atoms with Gasteiger partial charge in [-0.25, -0.2) is 0 Å².